The maximum Gasteiger partial charge on any atom is 0.328 e. The van der Waals surface area contributed by atoms with Crippen molar-refractivity contribution in [1.82, 2.24) is 15.0 Å². The highest BCUT2D eigenvalue weighted by Crippen LogP contribution is 2.33. The van der Waals surface area contributed by atoms with Crippen molar-refractivity contribution in [3.05, 3.63) is 33.6 Å². The second kappa shape index (κ2) is 5.53. The van der Waals surface area contributed by atoms with Gasteiger partial charge in [-0.15, -0.1) is 0 Å². The molecule has 0 unspecified atom stereocenters. The van der Waals surface area contributed by atoms with Crippen LogP contribution in [0.15, 0.2) is 18.2 Å². The smallest absolute Gasteiger partial charge is 0.328 e. The van der Waals surface area contributed by atoms with Crippen LogP contribution in [0, 0.1) is 10.1 Å². The molecule has 0 amide bonds. The third-order valence-electron chi connectivity index (χ3n) is 2.16. The molecule has 0 aliphatic carbocycles. The highest BCUT2D eigenvalue weighted by atomic mass is 35.5. The lowest BCUT2D eigenvalue weighted by molar-refractivity contribution is -0.384. The summed E-state index contributed by atoms with van der Waals surface area (Å²) in [7, 11) is 1.39. The zero-order chi connectivity index (χ0) is 14.7. The summed E-state index contributed by atoms with van der Waals surface area (Å²) in [6, 6.07) is 3.65. The van der Waals surface area contributed by atoms with Crippen molar-refractivity contribution in [2.75, 3.05) is 12.8 Å². The van der Waals surface area contributed by atoms with Crippen LogP contribution in [0.1, 0.15) is 0 Å². The number of halogens is 1. The van der Waals surface area contributed by atoms with Crippen LogP contribution >= 0.6 is 11.6 Å². The molecule has 1 heterocycles. The number of nitro benzene ring substituents is 1. The van der Waals surface area contributed by atoms with E-state index in [0.717, 1.165) is 0 Å². The molecule has 20 heavy (non-hydrogen) atoms. The Balaban J connectivity index is 2.40. The van der Waals surface area contributed by atoms with Crippen LogP contribution in [0.2, 0.25) is 5.28 Å². The molecule has 0 aliphatic heterocycles. The Morgan fingerprint density at radius 2 is 2.05 bits per heavy atom. The minimum absolute atomic E-state index is 0.0587. The molecule has 0 atom stereocenters. The predicted molar refractivity (Wildman–Crippen MR) is 69.0 cm³/mol. The molecule has 2 aromatic rings. The molecule has 0 bridgehead atoms. The second-order valence-corrected chi connectivity index (χ2v) is 3.78. The molecule has 10 heteroatoms. The number of nitrogen functional groups attached to an aromatic ring is 1. The summed E-state index contributed by atoms with van der Waals surface area (Å²) in [5.41, 5.74) is 5.22. The van der Waals surface area contributed by atoms with Crippen LogP contribution in [0.25, 0.3) is 0 Å². The van der Waals surface area contributed by atoms with Gasteiger partial charge in [0.15, 0.2) is 11.5 Å². The number of nitro groups is 1. The molecule has 0 saturated carbocycles. The SMILES string of the molecule is COc1ccc([N+](=O)[O-])cc1Oc1nc(N)nc(Cl)n1. The van der Waals surface area contributed by atoms with E-state index in [2.05, 4.69) is 15.0 Å². The number of nitrogens with zero attached hydrogens (tertiary/aromatic N) is 4. The first-order valence-corrected chi connectivity index (χ1v) is 5.54. The average Bonchev–Trinajstić information content (AvgIpc) is 2.37. The molecule has 0 fully saturated rings. The van der Waals surface area contributed by atoms with E-state index in [0.29, 0.717) is 0 Å². The van der Waals surface area contributed by atoms with Crippen molar-refractivity contribution in [3.8, 4) is 17.5 Å². The highest BCUT2D eigenvalue weighted by Gasteiger charge is 2.15. The van der Waals surface area contributed by atoms with Crippen LogP contribution in [-0.4, -0.2) is 27.0 Å². The number of nitrogens with two attached hydrogens (primary N) is 1. The number of methoxy groups -OCH3 is 1. The van der Waals surface area contributed by atoms with E-state index < -0.39 is 4.92 Å². The predicted octanol–water partition coefficient (Wildman–Crippen LogP) is 1.82. The fourth-order valence-electron chi connectivity index (χ4n) is 1.35. The fraction of sp³-hybridized carbons (Fsp3) is 0.100. The molecular weight excluding hydrogens is 290 g/mol. The largest absolute Gasteiger partial charge is 0.493 e. The van der Waals surface area contributed by atoms with Crippen molar-refractivity contribution in [1.29, 1.82) is 0 Å². The van der Waals surface area contributed by atoms with Gasteiger partial charge in [-0.05, 0) is 17.7 Å². The number of non-ortho nitro benzene ring substituents is 1. The van der Waals surface area contributed by atoms with E-state index >= 15 is 0 Å². The first kappa shape index (κ1) is 13.7. The number of benzene rings is 1. The molecule has 1 aromatic carbocycles. The number of hydrogen-bond donors (Lipinski definition) is 1. The third kappa shape index (κ3) is 3.01. The van der Waals surface area contributed by atoms with Crippen LogP contribution in [0.3, 0.4) is 0 Å². The van der Waals surface area contributed by atoms with Gasteiger partial charge in [0.25, 0.3) is 5.69 Å². The van der Waals surface area contributed by atoms with Crippen molar-refractivity contribution >= 4 is 23.2 Å². The number of hydrogen-bond acceptors (Lipinski definition) is 8. The fourth-order valence-corrected chi connectivity index (χ4v) is 1.51. The minimum Gasteiger partial charge on any atom is -0.493 e. The molecule has 0 spiro atoms. The molecular formula is C10H8ClN5O4. The van der Waals surface area contributed by atoms with Gasteiger partial charge in [-0.1, -0.05) is 0 Å². The molecule has 0 aliphatic rings. The van der Waals surface area contributed by atoms with Crippen molar-refractivity contribution in [2.45, 2.75) is 0 Å². The average molecular weight is 298 g/mol. The zero-order valence-electron chi connectivity index (χ0n) is 10.1. The summed E-state index contributed by atoms with van der Waals surface area (Å²) in [4.78, 5) is 21.1. The minimum atomic E-state index is -0.568. The van der Waals surface area contributed by atoms with E-state index in [1.165, 1.54) is 25.3 Å². The van der Waals surface area contributed by atoms with E-state index in [9.17, 15) is 10.1 Å². The number of ether oxygens (including phenoxy) is 2. The number of aromatic nitrogens is 3. The summed E-state index contributed by atoms with van der Waals surface area (Å²) in [5.74, 6) is 0.193. The van der Waals surface area contributed by atoms with E-state index in [1.54, 1.807) is 0 Å². The molecule has 2 N–H and O–H groups in total. The monoisotopic (exact) mass is 297 g/mol. The van der Waals surface area contributed by atoms with Crippen molar-refractivity contribution in [2.24, 2.45) is 0 Å². The summed E-state index contributed by atoms with van der Waals surface area (Å²) in [6.07, 6.45) is 0. The summed E-state index contributed by atoms with van der Waals surface area (Å²) in [6.45, 7) is 0. The van der Waals surface area contributed by atoms with Gasteiger partial charge in [0, 0.05) is 6.07 Å². The van der Waals surface area contributed by atoms with Crippen LogP contribution in [0.4, 0.5) is 11.6 Å². The Morgan fingerprint density at radius 1 is 1.30 bits per heavy atom. The van der Waals surface area contributed by atoms with Gasteiger partial charge < -0.3 is 15.2 Å². The lowest BCUT2D eigenvalue weighted by Gasteiger charge is -2.08. The molecule has 2 rings (SSSR count). The second-order valence-electron chi connectivity index (χ2n) is 3.44. The third-order valence-corrected chi connectivity index (χ3v) is 2.33. The zero-order valence-corrected chi connectivity index (χ0v) is 10.9. The highest BCUT2D eigenvalue weighted by molar-refractivity contribution is 6.28. The summed E-state index contributed by atoms with van der Waals surface area (Å²) >= 11 is 5.61. The Morgan fingerprint density at radius 3 is 2.65 bits per heavy atom. The molecule has 0 radical (unpaired) electrons. The van der Waals surface area contributed by atoms with Gasteiger partial charge in [0.05, 0.1) is 18.1 Å². The van der Waals surface area contributed by atoms with Gasteiger partial charge in [-0.3, -0.25) is 10.1 Å². The number of anilines is 1. The van der Waals surface area contributed by atoms with Crippen LogP contribution < -0.4 is 15.2 Å². The van der Waals surface area contributed by atoms with E-state index in [4.69, 9.17) is 26.8 Å². The maximum atomic E-state index is 10.7. The maximum absolute atomic E-state index is 10.7. The Kier molecular flexibility index (Phi) is 3.80. The van der Waals surface area contributed by atoms with E-state index in [-0.39, 0.29) is 34.4 Å². The lowest BCUT2D eigenvalue weighted by atomic mass is 10.3. The molecule has 104 valence electrons. The first-order chi connectivity index (χ1) is 9.49. The van der Waals surface area contributed by atoms with E-state index in [1.807, 2.05) is 0 Å². The summed E-state index contributed by atoms with van der Waals surface area (Å²) < 4.78 is 10.3. The quantitative estimate of drug-likeness (QED) is 0.668. The molecule has 9 nitrogen and oxygen atoms in total. The topological polar surface area (TPSA) is 126 Å². The molecule has 0 saturated heterocycles. The van der Waals surface area contributed by atoms with Crippen LogP contribution in [-0.2, 0) is 0 Å². The molecule has 1 aromatic heterocycles. The lowest BCUT2D eigenvalue weighted by Crippen LogP contribution is -2.01. The Bertz CT molecular complexity index is 646. The normalized spacial score (nSPS) is 10.1. The first-order valence-electron chi connectivity index (χ1n) is 5.17. The summed E-state index contributed by atoms with van der Waals surface area (Å²) in [5, 5.41) is 10.6. The van der Waals surface area contributed by atoms with Crippen molar-refractivity contribution in [3.63, 3.8) is 0 Å². The Labute approximate surface area is 117 Å². The van der Waals surface area contributed by atoms with Gasteiger partial charge in [0.1, 0.15) is 0 Å². The van der Waals surface area contributed by atoms with Gasteiger partial charge in [0.2, 0.25) is 11.2 Å². The Hall–Kier alpha value is -2.68. The van der Waals surface area contributed by atoms with Crippen molar-refractivity contribution < 1.29 is 14.4 Å². The van der Waals surface area contributed by atoms with Crippen LogP contribution in [0.5, 0.6) is 17.5 Å². The standard InChI is InChI=1S/C10H8ClN5O4/c1-19-6-3-2-5(16(17)18)4-7(6)20-10-14-8(11)13-9(12)15-10/h2-4H,1H3,(H2,12,13,14,15). The number of rotatable bonds is 4. The van der Waals surface area contributed by atoms with Gasteiger partial charge in [-0.25, -0.2) is 0 Å². The van der Waals surface area contributed by atoms with Gasteiger partial charge >= 0.3 is 6.01 Å². The van der Waals surface area contributed by atoms with Gasteiger partial charge in [-0.2, -0.15) is 15.0 Å².